The lowest BCUT2D eigenvalue weighted by Crippen LogP contribution is -2.10. The first-order valence-corrected chi connectivity index (χ1v) is 12.0. The fourth-order valence-corrected chi connectivity index (χ4v) is 4.77. The van der Waals surface area contributed by atoms with Gasteiger partial charge in [-0.25, -0.2) is 0 Å². The fourth-order valence-electron chi connectivity index (χ4n) is 4.77. The number of aliphatic imine (C=N–C) groups is 1. The standard InChI is InChI=1S/C29H18F3N.C3H7N/c30-29(31,32)20-15-19-16-23(18-27-25-14-8-7-13-24(25)26(17-20)28(19)27)33(21-9-3-1-4-10-21)22-11-5-2-6-12-22;1-3-4-2/h1-18H;3H,1-2H3. The summed E-state index contributed by atoms with van der Waals surface area (Å²) in [5, 5.41) is 1.45. The van der Waals surface area contributed by atoms with Crippen molar-refractivity contribution in [3.63, 3.8) is 0 Å². The summed E-state index contributed by atoms with van der Waals surface area (Å²) < 4.78 is 41.4. The van der Waals surface area contributed by atoms with Gasteiger partial charge in [0.15, 0.2) is 0 Å². The van der Waals surface area contributed by atoms with Gasteiger partial charge in [0.25, 0.3) is 0 Å². The first-order valence-electron chi connectivity index (χ1n) is 12.0. The lowest BCUT2D eigenvalue weighted by Gasteiger charge is -2.26. The van der Waals surface area contributed by atoms with Crippen LogP contribution in [0.4, 0.5) is 30.2 Å². The molecule has 0 saturated carbocycles. The van der Waals surface area contributed by atoms with Gasteiger partial charge in [0.1, 0.15) is 0 Å². The Hall–Kier alpha value is -4.38. The van der Waals surface area contributed by atoms with Crippen LogP contribution in [0.1, 0.15) is 12.5 Å². The van der Waals surface area contributed by atoms with Crippen LogP contribution in [0.15, 0.2) is 114 Å². The van der Waals surface area contributed by atoms with E-state index < -0.39 is 11.7 Å². The van der Waals surface area contributed by atoms with Gasteiger partial charge >= 0.3 is 6.18 Å². The third-order valence-corrected chi connectivity index (χ3v) is 6.41. The van der Waals surface area contributed by atoms with E-state index in [1.165, 1.54) is 12.1 Å². The molecular formula is C32H25F3N2. The van der Waals surface area contributed by atoms with E-state index in [-0.39, 0.29) is 0 Å². The molecule has 5 aromatic rings. The van der Waals surface area contributed by atoms with E-state index >= 15 is 0 Å². The normalized spacial score (nSPS) is 11.8. The number of hydrogen-bond donors (Lipinski definition) is 0. The summed E-state index contributed by atoms with van der Waals surface area (Å²) in [4.78, 5) is 5.69. The van der Waals surface area contributed by atoms with E-state index in [4.69, 9.17) is 0 Å². The van der Waals surface area contributed by atoms with Gasteiger partial charge in [-0.05, 0) is 94.7 Å². The molecule has 0 saturated heterocycles. The lowest BCUT2D eigenvalue weighted by atomic mass is 9.98. The average Bonchev–Trinajstić information content (AvgIpc) is 3.24. The van der Waals surface area contributed by atoms with Crippen LogP contribution < -0.4 is 4.90 Å². The van der Waals surface area contributed by atoms with Crippen molar-refractivity contribution in [2.45, 2.75) is 13.1 Å². The number of rotatable bonds is 3. The van der Waals surface area contributed by atoms with Crippen LogP contribution in [0.5, 0.6) is 0 Å². The van der Waals surface area contributed by atoms with E-state index in [0.717, 1.165) is 39.1 Å². The van der Waals surface area contributed by atoms with Crippen molar-refractivity contribution in [1.29, 1.82) is 0 Å². The van der Waals surface area contributed by atoms with Gasteiger partial charge in [0.2, 0.25) is 0 Å². The minimum atomic E-state index is -4.42. The van der Waals surface area contributed by atoms with Crippen LogP contribution in [0.25, 0.3) is 33.0 Å². The summed E-state index contributed by atoms with van der Waals surface area (Å²) in [6, 6.07) is 33.9. The second-order valence-corrected chi connectivity index (χ2v) is 8.68. The summed E-state index contributed by atoms with van der Waals surface area (Å²) in [7, 11) is 1.75. The molecule has 0 fully saturated rings. The smallest absolute Gasteiger partial charge is 0.310 e. The molecule has 0 radical (unpaired) electrons. The molecule has 0 heterocycles. The number of nitrogens with zero attached hydrogens (tertiary/aromatic N) is 2. The molecule has 1 aliphatic rings. The molecule has 6 rings (SSSR count). The minimum Gasteiger partial charge on any atom is -0.310 e. The molecule has 184 valence electrons. The summed E-state index contributed by atoms with van der Waals surface area (Å²) in [6.07, 6.45) is -2.67. The third-order valence-electron chi connectivity index (χ3n) is 6.41. The minimum absolute atomic E-state index is 0.584. The number of anilines is 3. The fraction of sp³-hybridized carbons (Fsp3) is 0.0938. The summed E-state index contributed by atoms with van der Waals surface area (Å²) in [6.45, 7) is 1.89. The van der Waals surface area contributed by atoms with Gasteiger partial charge in [0.05, 0.1) is 5.56 Å². The first-order chi connectivity index (χ1) is 17.9. The Morgan fingerprint density at radius 1 is 0.622 bits per heavy atom. The second kappa shape index (κ2) is 9.94. The highest BCUT2D eigenvalue weighted by Gasteiger charge is 2.33. The number of benzene rings is 5. The summed E-state index contributed by atoms with van der Waals surface area (Å²) in [5.41, 5.74) is 5.46. The highest BCUT2D eigenvalue weighted by atomic mass is 19.4. The molecule has 0 atom stereocenters. The second-order valence-electron chi connectivity index (χ2n) is 8.68. The highest BCUT2D eigenvalue weighted by molar-refractivity contribution is 6.17. The van der Waals surface area contributed by atoms with E-state index in [2.05, 4.69) is 16.0 Å². The van der Waals surface area contributed by atoms with Gasteiger partial charge < -0.3 is 9.89 Å². The van der Waals surface area contributed by atoms with Crippen LogP contribution >= 0.6 is 0 Å². The van der Waals surface area contributed by atoms with Crippen molar-refractivity contribution in [3.8, 4) is 22.3 Å². The van der Waals surface area contributed by atoms with Crippen molar-refractivity contribution in [3.05, 3.63) is 115 Å². The average molecular weight is 495 g/mol. The summed E-state index contributed by atoms with van der Waals surface area (Å²) in [5.74, 6) is 0. The predicted octanol–water partition coefficient (Wildman–Crippen LogP) is 9.68. The Labute approximate surface area is 214 Å². The van der Waals surface area contributed by atoms with E-state index in [0.29, 0.717) is 10.9 Å². The molecule has 37 heavy (non-hydrogen) atoms. The maximum Gasteiger partial charge on any atom is 0.416 e. The van der Waals surface area contributed by atoms with Gasteiger partial charge in [-0.2, -0.15) is 13.2 Å². The predicted molar refractivity (Wildman–Crippen MR) is 148 cm³/mol. The molecule has 0 amide bonds. The zero-order chi connectivity index (χ0) is 26.0. The topological polar surface area (TPSA) is 15.6 Å². The van der Waals surface area contributed by atoms with Gasteiger partial charge in [-0.15, -0.1) is 0 Å². The van der Waals surface area contributed by atoms with Crippen LogP contribution in [-0.4, -0.2) is 13.3 Å². The van der Waals surface area contributed by atoms with Crippen molar-refractivity contribution in [1.82, 2.24) is 0 Å². The van der Waals surface area contributed by atoms with Gasteiger partial charge in [-0.3, -0.25) is 0 Å². The molecule has 5 aromatic carbocycles. The molecule has 0 unspecified atom stereocenters. The van der Waals surface area contributed by atoms with Crippen LogP contribution in [0.2, 0.25) is 0 Å². The largest absolute Gasteiger partial charge is 0.416 e. The zero-order valence-electron chi connectivity index (χ0n) is 20.5. The molecule has 0 N–H and O–H groups in total. The van der Waals surface area contributed by atoms with E-state index in [9.17, 15) is 13.2 Å². The lowest BCUT2D eigenvalue weighted by molar-refractivity contribution is -0.137. The SMILES string of the molecule is CC=NC.FC(F)(F)c1cc2c3c(cc(N(c4ccccc4)c4ccccc4)cc3c1)-c1ccccc1-2. The third kappa shape index (κ3) is 4.60. The van der Waals surface area contributed by atoms with Crippen LogP contribution in [0, 0.1) is 0 Å². The molecule has 2 nitrogen and oxygen atoms in total. The molecule has 0 spiro atoms. The zero-order valence-corrected chi connectivity index (χ0v) is 20.5. The van der Waals surface area contributed by atoms with E-state index in [1.807, 2.05) is 97.9 Å². The first kappa shape index (κ1) is 24.3. The molecular weight excluding hydrogens is 469 g/mol. The Balaban J connectivity index is 0.000000655. The summed E-state index contributed by atoms with van der Waals surface area (Å²) >= 11 is 0. The maximum atomic E-state index is 13.8. The van der Waals surface area contributed by atoms with Crippen molar-refractivity contribution in [2.75, 3.05) is 11.9 Å². The number of fused-ring (bicyclic) bond motifs is 3. The molecule has 5 heteroatoms. The van der Waals surface area contributed by atoms with Gasteiger partial charge in [0, 0.05) is 24.1 Å². The van der Waals surface area contributed by atoms with E-state index in [1.54, 1.807) is 13.3 Å². The monoisotopic (exact) mass is 494 g/mol. The van der Waals surface area contributed by atoms with Crippen molar-refractivity contribution in [2.24, 2.45) is 4.99 Å². The number of para-hydroxylation sites is 2. The molecule has 0 bridgehead atoms. The van der Waals surface area contributed by atoms with Gasteiger partial charge in [-0.1, -0.05) is 60.7 Å². The van der Waals surface area contributed by atoms with Crippen LogP contribution in [0.3, 0.4) is 0 Å². The highest BCUT2D eigenvalue weighted by Crippen LogP contribution is 2.51. The maximum absolute atomic E-state index is 13.8. The molecule has 0 aliphatic heterocycles. The number of alkyl halides is 3. The number of halogens is 3. The Morgan fingerprint density at radius 3 is 1.59 bits per heavy atom. The molecule has 0 aromatic heterocycles. The molecule has 1 aliphatic carbocycles. The Bertz CT molecular complexity index is 1530. The van der Waals surface area contributed by atoms with Crippen molar-refractivity contribution >= 4 is 34.0 Å². The number of hydrogen-bond acceptors (Lipinski definition) is 2. The quantitative estimate of drug-likeness (QED) is 0.224. The Kier molecular flexibility index (Phi) is 6.53. The van der Waals surface area contributed by atoms with Crippen LogP contribution in [-0.2, 0) is 6.18 Å². The van der Waals surface area contributed by atoms with Crippen molar-refractivity contribution < 1.29 is 13.2 Å². The Morgan fingerprint density at radius 2 is 1.11 bits per heavy atom.